The van der Waals surface area contributed by atoms with Crippen molar-refractivity contribution in [1.29, 1.82) is 0 Å². The largest absolute Gasteiger partial charge is 0.374 e. The smallest absolute Gasteiger partial charge is 0.242 e. The zero-order chi connectivity index (χ0) is 17.3. The van der Waals surface area contributed by atoms with Gasteiger partial charge in [-0.3, -0.25) is 10.2 Å². The minimum atomic E-state index is -0.0803. The highest BCUT2D eigenvalue weighted by molar-refractivity contribution is 7.80. The number of carbonyl (C=O) groups is 1. The summed E-state index contributed by atoms with van der Waals surface area (Å²) < 4.78 is 0. The zero-order valence-electron chi connectivity index (χ0n) is 13.2. The van der Waals surface area contributed by atoms with Crippen LogP contribution < -0.4 is 16.2 Å². The highest BCUT2D eigenvalue weighted by Gasteiger charge is 2.44. The van der Waals surface area contributed by atoms with E-state index in [9.17, 15) is 4.79 Å². The molecule has 0 saturated heterocycles. The number of amides is 1. The number of thiocarbonyl (C=S) groups is 1. The SMILES string of the molecule is Cc1ccc(N(NC(=O)C2CC2c2ccc(Cl)cc2)C(N)=S)cc1. The van der Waals surface area contributed by atoms with Crippen LogP contribution in [0.15, 0.2) is 48.5 Å². The highest BCUT2D eigenvalue weighted by atomic mass is 35.5. The van der Waals surface area contributed by atoms with E-state index in [0.717, 1.165) is 23.2 Å². The van der Waals surface area contributed by atoms with Crippen LogP contribution in [-0.4, -0.2) is 11.0 Å². The van der Waals surface area contributed by atoms with Crippen molar-refractivity contribution in [3.63, 3.8) is 0 Å². The lowest BCUT2D eigenvalue weighted by molar-refractivity contribution is -0.122. The maximum atomic E-state index is 12.5. The number of hydrogen-bond acceptors (Lipinski definition) is 2. The lowest BCUT2D eigenvalue weighted by atomic mass is 10.1. The van der Waals surface area contributed by atoms with Crippen LogP contribution >= 0.6 is 23.8 Å². The number of aryl methyl sites for hydroxylation is 1. The molecule has 1 amide bonds. The lowest BCUT2D eigenvalue weighted by Gasteiger charge is -2.23. The fourth-order valence-electron chi connectivity index (χ4n) is 2.70. The molecule has 6 heteroatoms. The molecular weight excluding hydrogens is 342 g/mol. The molecule has 0 aromatic heterocycles. The molecule has 2 atom stereocenters. The third kappa shape index (κ3) is 3.68. The molecule has 1 aliphatic rings. The van der Waals surface area contributed by atoms with Gasteiger partial charge >= 0.3 is 0 Å². The van der Waals surface area contributed by atoms with E-state index in [-0.39, 0.29) is 22.9 Å². The molecule has 1 fully saturated rings. The van der Waals surface area contributed by atoms with E-state index in [4.69, 9.17) is 29.6 Å². The van der Waals surface area contributed by atoms with E-state index in [1.165, 1.54) is 5.01 Å². The number of carbonyl (C=O) groups excluding carboxylic acids is 1. The first-order valence-corrected chi connectivity index (χ1v) is 8.46. The van der Waals surface area contributed by atoms with Gasteiger partial charge in [0.15, 0.2) is 5.11 Å². The van der Waals surface area contributed by atoms with E-state index in [0.29, 0.717) is 5.02 Å². The minimum absolute atomic E-state index is 0.0755. The van der Waals surface area contributed by atoms with Gasteiger partial charge in [-0.1, -0.05) is 41.4 Å². The maximum absolute atomic E-state index is 12.5. The molecule has 1 saturated carbocycles. The maximum Gasteiger partial charge on any atom is 0.242 e. The van der Waals surface area contributed by atoms with Gasteiger partial charge in [-0.05, 0) is 61.3 Å². The van der Waals surface area contributed by atoms with Crippen LogP contribution in [0, 0.1) is 12.8 Å². The van der Waals surface area contributed by atoms with Crippen molar-refractivity contribution in [3.8, 4) is 0 Å². The third-order valence-electron chi connectivity index (χ3n) is 4.16. The van der Waals surface area contributed by atoms with E-state index >= 15 is 0 Å². The number of nitrogens with one attached hydrogen (secondary N) is 1. The summed E-state index contributed by atoms with van der Waals surface area (Å²) in [6, 6.07) is 15.3. The van der Waals surface area contributed by atoms with Gasteiger partial charge in [-0.15, -0.1) is 0 Å². The van der Waals surface area contributed by atoms with Crippen molar-refractivity contribution in [2.45, 2.75) is 19.3 Å². The summed E-state index contributed by atoms with van der Waals surface area (Å²) in [5.41, 5.74) is 11.6. The minimum Gasteiger partial charge on any atom is -0.374 e. The number of nitrogens with zero attached hydrogens (tertiary/aromatic N) is 1. The molecule has 3 N–H and O–H groups in total. The number of halogens is 1. The van der Waals surface area contributed by atoms with Crippen molar-refractivity contribution >= 4 is 40.5 Å². The summed E-state index contributed by atoms with van der Waals surface area (Å²) in [5, 5.41) is 2.25. The Labute approximate surface area is 151 Å². The molecule has 2 aromatic carbocycles. The topological polar surface area (TPSA) is 58.4 Å². The van der Waals surface area contributed by atoms with Crippen LogP contribution in [0.2, 0.25) is 5.02 Å². The molecule has 0 aliphatic heterocycles. The summed E-state index contributed by atoms with van der Waals surface area (Å²) in [6.07, 6.45) is 0.812. The van der Waals surface area contributed by atoms with Gasteiger partial charge in [0.2, 0.25) is 5.91 Å². The van der Waals surface area contributed by atoms with Crippen molar-refractivity contribution < 1.29 is 4.79 Å². The van der Waals surface area contributed by atoms with Gasteiger partial charge in [0.1, 0.15) is 0 Å². The molecule has 2 aromatic rings. The molecule has 0 heterocycles. The molecule has 0 spiro atoms. The van der Waals surface area contributed by atoms with Crippen LogP contribution in [0.1, 0.15) is 23.5 Å². The molecule has 2 unspecified atom stereocenters. The average molecular weight is 360 g/mol. The predicted molar refractivity (Wildman–Crippen MR) is 101 cm³/mol. The van der Waals surface area contributed by atoms with Crippen LogP contribution in [0.3, 0.4) is 0 Å². The highest BCUT2D eigenvalue weighted by Crippen LogP contribution is 2.47. The Morgan fingerprint density at radius 3 is 2.42 bits per heavy atom. The van der Waals surface area contributed by atoms with Gasteiger partial charge in [0, 0.05) is 10.9 Å². The van der Waals surface area contributed by atoms with Gasteiger partial charge in [0.25, 0.3) is 0 Å². The quantitative estimate of drug-likeness (QED) is 0.650. The number of anilines is 1. The summed E-state index contributed by atoms with van der Waals surface area (Å²) in [4.78, 5) is 12.5. The Kier molecular flexibility index (Phi) is 4.73. The van der Waals surface area contributed by atoms with E-state index in [2.05, 4.69) is 5.43 Å². The fraction of sp³-hybridized carbons (Fsp3) is 0.222. The molecule has 124 valence electrons. The predicted octanol–water partition coefficient (Wildman–Crippen LogP) is 3.53. The lowest BCUT2D eigenvalue weighted by Crippen LogP contribution is -2.49. The summed E-state index contributed by atoms with van der Waals surface area (Å²) >= 11 is 11.0. The summed E-state index contributed by atoms with van der Waals surface area (Å²) in [6.45, 7) is 1.99. The van der Waals surface area contributed by atoms with Crippen molar-refractivity contribution in [2.75, 3.05) is 5.01 Å². The Balaban J connectivity index is 1.68. The standard InChI is InChI=1S/C18H18ClN3OS/c1-11-2-8-14(9-3-11)22(18(20)24)21-17(23)16-10-15(16)12-4-6-13(19)7-5-12/h2-9,15-16H,10H2,1H3,(H2,20,24)(H,21,23). The van der Waals surface area contributed by atoms with Gasteiger partial charge in [0.05, 0.1) is 5.69 Å². The number of hydrogen-bond donors (Lipinski definition) is 2. The number of benzene rings is 2. The molecule has 24 heavy (non-hydrogen) atoms. The van der Waals surface area contributed by atoms with Gasteiger partial charge in [-0.2, -0.15) is 0 Å². The molecular formula is C18H18ClN3OS. The summed E-state index contributed by atoms with van der Waals surface area (Å²) in [5.74, 6) is 0.0604. The summed E-state index contributed by atoms with van der Waals surface area (Å²) in [7, 11) is 0. The number of nitrogens with two attached hydrogens (primary N) is 1. The number of hydrazine groups is 1. The van der Waals surface area contributed by atoms with Crippen molar-refractivity contribution in [1.82, 2.24) is 5.43 Å². The molecule has 4 nitrogen and oxygen atoms in total. The van der Waals surface area contributed by atoms with Gasteiger partial charge in [-0.25, -0.2) is 5.01 Å². The molecule has 0 bridgehead atoms. The molecule has 1 aliphatic carbocycles. The first-order valence-electron chi connectivity index (χ1n) is 7.68. The Morgan fingerprint density at radius 1 is 1.21 bits per heavy atom. The van der Waals surface area contributed by atoms with Gasteiger partial charge < -0.3 is 5.73 Å². The Bertz CT molecular complexity index is 761. The van der Waals surface area contributed by atoms with Crippen molar-refractivity contribution in [3.05, 3.63) is 64.7 Å². The second-order valence-electron chi connectivity index (χ2n) is 5.99. The van der Waals surface area contributed by atoms with Crippen LogP contribution in [-0.2, 0) is 4.79 Å². The monoisotopic (exact) mass is 359 g/mol. The van der Waals surface area contributed by atoms with E-state index in [1.807, 2.05) is 55.5 Å². The zero-order valence-corrected chi connectivity index (χ0v) is 14.8. The normalized spacial score (nSPS) is 18.8. The first kappa shape index (κ1) is 16.7. The Morgan fingerprint density at radius 2 is 1.83 bits per heavy atom. The molecule has 0 radical (unpaired) electrons. The van der Waals surface area contributed by atoms with E-state index in [1.54, 1.807) is 0 Å². The van der Waals surface area contributed by atoms with E-state index < -0.39 is 0 Å². The Hall–Kier alpha value is -2.11. The van der Waals surface area contributed by atoms with Crippen LogP contribution in [0.4, 0.5) is 5.69 Å². The second kappa shape index (κ2) is 6.79. The number of rotatable bonds is 3. The second-order valence-corrected chi connectivity index (χ2v) is 6.84. The fourth-order valence-corrected chi connectivity index (χ4v) is 2.97. The third-order valence-corrected chi connectivity index (χ3v) is 4.59. The van der Waals surface area contributed by atoms with Crippen LogP contribution in [0.25, 0.3) is 0 Å². The average Bonchev–Trinajstić information content (AvgIpc) is 3.34. The van der Waals surface area contributed by atoms with Crippen molar-refractivity contribution in [2.24, 2.45) is 11.7 Å². The van der Waals surface area contributed by atoms with Crippen LogP contribution in [0.5, 0.6) is 0 Å². The first-order chi connectivity index (χ1) is 11.5. The molecule has 3 rings (SSSR count).